The zero-order valence-electron chi connectivity index (χ0n) is 18.7. The second-order valence-electron chi connectivity index (χ2n) is 8.47. The lowest BCUT2D eigenvalue weighted by Gasteiger charge is -2.20. The van der Waals surface area contributed by atoms with Crippen molar-refractivity contribution in [1.82, 2.24) is 10.6 Å². The molecule has 178 valence electrons. The third-order valence-electron chi connectivity index (χ3n) is 6.35. The summed E-state index contributed by atoms with van der Waals surface area (Å²) in [6.07, 6.45) is 0.653. The molecule has 0 saturated carbocycles. The predicted octanol–water partition coefficient (Wildman–Crippen LogP) is 3.08. The second kappa shape index (κ2) is 10.5. The van der Waals surface area contributed by atoms with E-state index in [1.807, 2.05) is 36.4 Å². The number of alkyl carbamates (subject to hydrolysis) is 1. The molecule has 8 nitrogen and oxygen atoms in total. The number of amides is 2. The van der Waals surface area contributed by atoms with E-state index in [1.165, 1.54) is 6.08 Å². The molecule has 0 aromatic heterocycles. The van der Waals surface area contributed by atoms with Gasteiger partial charge in [0.1, 0.15) is 12.6 Å². The Morgan fingerprint density at radius 1 is 1.12 bits per heavy atom. The average molecular weight is 465 g/mol. The number of fused-ring (bicyclic) bond motifs is 3. The molecule has 3 N–H and O–H groups in total. The maximum atomic E-state index is 12.7. The first-order chi connectivity index (χ1) is 16.5. The minimum absolute atomic E-state index is 0.0832. The molecule has 0 bridgehead atoms. The number of benzene rings is 2. The third kappa shape index (κ3) is 4.97. The van der Waals surface area contributed by atoms with E-state index < -0.39 is 30.1 Å². The molecule has 8 heteroatoms. The van der Waals surface area contributed by atoms with Crippen LogP contribution in [0.5, 0.6) is 0 Å². The molecule has 2 amide bonds. The standard InChI is InChI=1S/C26H28N2O6/c1-2-7-22(24(29)27-14-16-12-13-33-23(16)25(30)31)28-26(32)34-15-21-19-10-5-3-8-17(19)18-9-4-6-11-20(18)21/h2-6,8-11,16,21-23H,1,7,12-15H2,(H,27,29)(H,28,32)(H,30,31)/t16-,22?,23-/m1/s1. The maximum absolute atomic E-state index is 12.7. The summed E-state index contributed by atoms with van der Waals surface area (Å²) >= 11 is 0. The van der Waals surface area contributed by atoms with Crippen LogP contribution in [-0.4, -0.2) is 55.0 Å². The van der Waals surface area contributed by atoms with Gasteiger partial charge in [-0.2, -0.15) is 0 Å². The third-order valence-corrected chi connectivity index (χ3v) is 6.35. The van der Waals surface area contributed by atoms with Gasteiger partial charge in [0.15, 0.2) is 6.10 Å². The summed E-state index contributed by atoms with van der Waals surface area (Å²) in [6.45, 7) is 4.28. The molecule has 4 rings (SSSR count). The van der Waals surface area contributed by atoms with Crippen molar-refractivity contribution in [3.05, 3.63) is 72.3 Å². The number of rotatable bonds is 9. The zero-order chi connectivity index (χ0) is 24.1. The number of nitrogens with one attached hydrogen (secondary N) is 2. The van der Waals surface area contributed by atoms with Crippen molar-refractivity contribution in [2.45, 2.75) is 30.9 Å². The lowest BCUT2D eigenvalue weighted by atomic mass is 9.98. The number of carboxylic acid groups (broad SMARTS) is 1. The molecule has 1 aliphatic heterocycles. The Kier molecular flexibility index (Phi) is 7.27. The Morgan fingerprint density at radius 3 is 2.38 bits per heavy atom. The van der Waals surface area contributed by atoms with Gasteiger partial charge in [0, 0.05) is 25.0 Å². The Labute approximate surface area is 198 Å². The van der Waals surface area contributed by atoms with Crippen LogP contribution >= 0.6 is 0 Å². The van der Waals surface area contributed by atoms with Crippen LogP contribution in [0.4, 0.5) is 4.79 Å². The molecule has 1 heterocycles. The molecular weight excluding hydrogens is 436 g/mol. The smallest absolute Gasteiger partial charge is 0.407 e. The lowest BCUT2D eigenvalue weighted by molar-refractivity contribution is -0.149. The molecule has 1 saturated heterocycles. The summed E-state index contributed by atoms with van der Waals surface area (Å²) in [5, 5.41) is 14.5. The Balaban J connectivity index is 1.34. The summed E-state index contributed by atoms with van der Waals surface area (Å²) in [6, 6.07) is 15.2. The van der Waals surface area contributed by atoms with Gasteiger partial charge in [-0.1, -0.05) is 54.6 Å². The number of aliphatic carboxylic acids is 1. The van der Waals surface area contributed by atoms with Crippen LogP contribution in [-0.2, 0) is 19.1 Å². The Hall–Kier alpha value is -3.65. The SMILES string of the molecule is C=CCC(NC(=O)OCC1c2ccccc2-c2ccccc21)C(=O)NC[C@H]1CCO[C@H]1C(=O)O. The highest BCUT2D eigenvalue weighted by Gasteiger charge is 2.35. The molecule has 34 heavy (non-hydrogen) atoms. The van der Waals surface area contributed by atoms with Crippen molar-refractivity contribution in [3.63, 3.8) is 0 Å². The van der Waals surface area contributed by atoms with Gasteiger partial charge in [-0.05, 0) is 35.1 Å². The summed E-state index contributed by atoms with van der Waals surface area (Å²) in [5.74, 6) is -1.87. The molecule has 1 aliphatic carbocycles. The first-order valence-corrected chi connectivity index (χ1v) is 11.3. The summed E-state index contributed by atoms with van der Waals surface area (Å²) in [5.41, 5.74) is 4.46. The topological polar surface area (TPSA) is 114 Å². The highest BCUT2D eigenvalue weighted by Crippen LogP contribution is 2.44. The van der Waals surface area contributed by atoms with E-state index in [0.717, 1.165) is 22.3 Å². The van der Waals surface area contributed by atoms with Crippen molar-refractivity contribution in [2.24, 2.45) is 5.92 Å². The largest absolute Gasteiger partial charge is 0.479 e. The first-order valence-electron chi connectivity index (χ1n) is 11.3. The van der Waals surface area contributed by atoms with Crippen molar-refractivity contribution in [2.75, 3.05) is 19.8 Å². The molecule has 1 unspecified atom stereocenters. The van der Waals surface area contributed by atoms with Crippen LogP contribution in [0.15, 0.2) is 61.2 Å². The van der Waals surface area contributed by atoms with Gasteiger partial charge in [0.2, 0.25) is 5.91 Å². The van der Waals surface area contributed by atoms with E-state index in [2.05, 4.69) is 29.3 Å². The highest BCUT2D eigenvalue weighted by molar-refractivity contribution is 5.86. The number of carbonyl (C=O) groups is 3. The van der Waals surface area contributed by atoms with Gasteiger partial charge in [0.05, 0.1) is 0 Å². The fourth-order valence-corrected chi connectivity index (χ4v) is 4.65. The second-order valence-corrected chi connectivity index (χ2v) is 8.47. The molecule has 0 radical (unpaired) electrons. The summed E-state index contributed by atoms with van der Waals surface area (Å²) < 4.78 is 10.7. The quantitative estimate of drug-likeness (QED) is 0.492. The van der Waals surface area contributed by atoms with Crippen LogP contribution in [0.25, 0.3) is 11.1 Å². The van der Waals surface area contributed by atoms with Gasteiger partial charge in [-0.25, -0.2) is 9.59 Å². The van der Waals surface area contributed by atoms with Gasteiger partial charge in [-0.15, -0.1) is 6.58 Å². The molecular formula is C26H28N2O6. The van der Waals surface area contributed by atoms with E-state index in [9.17, 15) is 19.5 Å². The Bertz CT molecular complexity index is 1040. The van der Waals surface area contributed by atoms with E-state index in [4.69, 9.17) is 9.47 Å². The Morgan fingerprint density at radius 2 is 1.76 bits per heavy atom. The van der Waals surface area contributed by atoms with Crippen molar-refractivity contribution in [1.29, 1.82) is 0 Å². The average Bonchev–Trinajstić information content (AvgIpc) is 3.44. The maximum Gasteiger partial charge on any atom is 0.407 e. The molecule has 3 atom stereocenters. The molecule has 1 fully saturated rings. The number of ether oxygens (including phenoxy) is 2. The fourth-order valence-electron chi connectivity index (χ4n) is 4.65. The first kappa shape index (κ1) is 23.5. The fraction of sp³-hybridized carbons (Fsp3) is 0.346. The van der Waals surface area contributed by atoms with E-state index in [0.29, 0.717) is 13.0 Å². The number of carboxylic acids is 1. The molecule has 2 aromatic carbocycles. The molecule has 0 spiro atoms. The zero-order valence-corrected chi connectivity index (χ0v) is 18.7. The minimum Gasteiger partial charge on any atom is -0.479 e. The number of hydrogen-bond donors (Lipinski definition) is 3. The minimum atomic E-state index is -1.05. The lowest BCUT2D eigenvalue weighted by Crippen LogP contribution is -2.48. The van der Waals surface area contributed by atoms with Crippen molar-refractivity contribution in [3.8, 4) is 11.1 Å². The van der Waals surface area contributed by atoms with Crippen LogP contribution in [0.1, 0.15) is 29.9 Å². The normalized spacial score (nSPS) is 19.5. The van der Waals surface area contributed by atoms with Crippen LogP contribution in [0.3, 0.4) is 0 Å². The van der Waals surface area contributed by atoms with Gasteiger partial charge >= 0.3 is 12.1 Å². The summed E-state index contributed by atoms with van der Waals surface area (Å²) in [4.78, 5) is 36.5. The summed E-state index contributed by atoms with van der Waals surface area (Å²) in [7, 11) is 0. The van der Waals surface area contributed by atoms with E-state index >= 15 is 0 Å². The number of hydrogen-bond acceptors (Lipinski definition) is 5. The van der Waals surface area contributed by atoms with E-state index in [-0.39, 0.29) is 31.4 Å². The van der Waals surface area contributed by atoms with Crippen molar-refractivity contribution >= 4 is 18.0 Å². The van der Waals surface area contributed by atoms with Crippen molar-refractivity contribution < 1.29 is 29.0 Å². The van der Waals surface area contributed by atoms with Gasteiger partial charge < -0.3 is 25.2 Å². The van der Waals surface area contributed by atoms with Crippen LogP contribution < -0.4 is 10.6 Å². The van der Waals surface area contributed by atoms with Crippen LogP contribution in [0, 0.1) is 5.92 Å². The van der Waals surface area contributed by atoms with Gasteiger partial charge in [-0.3, -0.25) is 4.79 Å². The van der Waals surface area contributed by atoms with Crippen LogP contribution in [0.2, 0.25) is 0 Å². The molecule has 2 aliphatic rings. The monoisotopic (exact) mass is 464 g/mol. The molecule has 2 aromatic rings. The highest BCUT2D eigenvalue weighted by atomic mass is 16.5. The predicted molar refractivity (Wildman–Crippen MR) is 125 cm³/mol. The van der Waals surface area contributed by atoms with E-state index in [1.54, 1.807) is 0 Å². The number of carbonyl (C=O) groups excluding carboxylic acids is 2. The van der Waals surface area contributed by atoms with Gasteiger partial charge in [0.25, 0.3) is 0 Å².